The Morgan fingerprint density at radius 2 is 1.41 bits per heavy atom. The van der Waals surface area contributed by atoms with Crippen LogP contribution in [0.5, 0.6) is 0 Å². The monoisotopic (exact) mass is 498 g/mol. The van der Waals surface area contributed by atoms with Gasteiger partial charge in [0.2, 0.25) is 5.36 Å². The maximum absolute atomic E-state index is 13.6. The molecule has 0 saturated heterocycles. The first kappa shape index (κ1) is 24.2. The summed E-state index contributed by atoms with van der Waals surface area (Å²) in [5.41, 5.74) is 3.90. The van der Waals surface area contributed by atoms with Crippen molar-refractivity contribution in [1.82, 2.24) is 9.13 Å². The van der Waals surface area contributed by atoms with Crippen LogP contribution in [0, 0.1) is 29.1 Å². The van der Waals surface area contributed by atoms with Crippen LogP contribution in [-0.2, 0) is 13.1 Å². The Bertz CT molecular complexity index is 1480. The molecule has 2 N–H and O–H groups in total. The lowest BCUT2D eigenvalue weighted by Gasteiger charge is -2.57. The van der Waals surface area contributed by atoms with Crippen molar-refractivity contribution >= 4 is 11.0 Å². The molecule has 194 valence electrons. The third-order valence-corrected chi connectivity index (χ3v) is 9.19. The van der Waals surface area contributed by atoms with E-state index in [-0.39, 0.29) is 21.9 Å². The molecule has 0 aliphatic heterocycles. The second-order valence-corrected chi connectivity index (χ2v) is 12.5. The average molecular weight is 499 g/mol. The minimum absolute atomic E-state index is 0.148. The molecule has 8 rings (SSSR count). The summed E-state index contributed by atoms with van der Waals surface area (Å²) < 4.78 is 3.54. The fraction of sp³-hybridized carbons (Fsp3) is 0.516. The van der Waals surface area contributed by atoms with Crippen LogP contribution >= 0.6 is 0 Å². The summed E-state index contributed by atoms with van der Waals surface area (Å²) in [5.74, 6) is 8.47. The second kappa shape index (κ2) is 9.30. The standard InChI is InChI=1S/C25H34N4O2.C6H4/c1-16(2)7-8-28-20-5-3-4-6-21(20)29(24(31)22(27-26)23(28)30)15-25-12-17-9-18(13-25)11-19(10-17)14-25;1-2-5-4-6(5)3-1/h3-6,16-19H,7-15,26H2,1-2H3;1-4H. The van der Waals surface area contributed by atoms with Crippen LogP contribution in [0.25, 0.3) is 22.2 Å². The van der Waals surface area contributed by atoms with Gasteiger partial charge in [0.25, 0.3) is 11.1 Å². The van der Waals surface area contributed by atoms with E-state index in [2.05, 4.69) is 43.2 Å². The second-order valence-electron chi connectivity index (χ2n) is 12.5. The third-order valence-electron chi connectivity index (χ3n) is 9.19. The minimum atomic E-state index is -0.381. The van der Waals surface area contributed by atoms with Gasteiger partial charge in [-0.3, -0.25) is 9.59 Å². The van der Waals surface area contributed by atoms with Gasteiger partial charge < -0.3 is 15.0 Å². The highest BCUT2D eigenvalue weighted by Gasteiger charge is 2.51. The van der Waals surface area contributed by atoms with Crippen molar-refractivity contribution in [3.63, 3.8) is 0 Å². The molecule has 4 fully saturated rings. The van der Waals surface area contributed by atoms with E-state index in [1.54, 1.807) is 4.57 Å². The molecule has 0 radical (unpaired) electrons. The predicted octanol–water partition coefficient (Wildman–Crippen LogP) is 4.87. The molecule has 1 aromatic carbocycles. The largest absolute Gasteiger partial charge is 0.322 e. The summed E-state index contributed by atoms with van der Waals surface area (Å²) in [7, 11) is 0. The smallest absolute Gasteiger partial charge is 0.284 e. The van der Waals surface area contributed by atoms with E-state index in [4.69, 9.17) is 5.84 Å². The molecular weight excluding hydrogens is 460 g/mol. The van der Waals surface area contributed by atoms with Crippen LogP contribution in [0.4, 0.5) is 0 Å². The van der Waals surface area contributed by atoms with E-state index in [0.717, 1.165) is 35.2 Å². The average Bonchev–Trinajstić information content (AvgIpc) is 3.48. The van der Waals surface area contributed by atoms with Gasteiger partial charge in [0, 0.05) is 13.1 Å². The zero-order chi connectivity index (χ0) is 25.7. The molecule has 0 unspecified atom stereocenters. The highest BCUT2D eigenvalue weighted by atomic mass is 16.1. The fourth-order valence-electron chi connectivity index (χ4n) is 7.86. The van der Waals surface area contributed by atoms with Gasteiger partial charge >= 0.3 is 0 Å². The minimum Gasteiger partial charge on any atom is -0.322 e. The maximum Gasteiger partial charge on any atom is 0.284 e. The number of fused-ring (bicyclic) bond motifs is 2. The molecule has 0 atom stereocenters. The zero-order valence-electron chi connectivity index (χ0n) is 22.0. The van der Waals surface area contributed by atoms with Gasteiger partial charge in [-0.2, -0.15) is 5.10 Å². The lowest BCUT2D eigenvalue weighted by atomic mass is 9.49. The summed E-state index contributed by atoms with van der Waals surface area (Å²) in [4.78, 5) is 27.0. The molecule has 4 saturated carbocycles. The van der Waals surface area contributed by atoms with Crippen molar-refractivity contribution in [3.05, 3.63) is 74.6 Å². The molecule has 37 heavy (non-hydrogen) atoms. The van der Waals surface area contributed by atoms with Crippen LogP contribution in [0.15, 0.2) is 63.2 Å². The van der Waals surface area contributed by atoms with Gasteiger partial charge in [0.05, 0.1) is 11.0 Å². The zero-order valence-corrected chi connectivity index (χ0v) is 22.0. The Labute approximate surface area is 217 Å². The summed E-state index contributed by atoms with van der Waals surface area (Å²) >= 11 is 0. The van der Waals surface area contributed by atoms with Gasteiger partial charge in [0.15, 0.2) is 0 Å². The van der Waals surface area contributed by atoms with Crippen LogP contribution in [0.2, 0.25) is 0 Å². The number of aromatic nitrogens is 2. The number of nitrogens with zero attached hydrogens (tertiary/aromatic N) is 3. The van der Waals surface area contributed by atoms with E-state index in [1.807, 2.05) is 28.8 Å². The predicted molar refractivity (Wildman–Crippen MR) is 148 cm³/mol. The first-order valence-corrected chi connectivity index (χ1v) is 14.0. The fourth-order valence-corrected chi connectivity index (χ4v) is 7.86. The summed E-state index contributed by atoms with van der Waals surface area (Å²) in [6.07, 6.45) is 8.53. The van der Waals surface area contributed by atoms with Crippen molar-refractivity contribution in [2.45, 2.75) is 71.9 Å². The van der Waals surface area contributed by atoms with Gasteiger partial charge in [0.1, 0.15) is 0 Å². The Kier molecular flexibility index (Phi) is 6.09. The van der Waals surface area contributed by atoms with Crippen LogP contribution < -0.4 is 22.3 Å². The molecule has 4 bridgehead atoms. The number of para-hydroxylation sites is 2. The lowest BCUT2D eigenvalue weighted by molar-refractivity contribution is -0.0617. The molecular formula is C31H38N4O2. The Hall–Kier alpha value is -3.15. The first-order valence-electron chi connectivity index (χ1n) is 14.0. The van der Waals surface area contributed by atoms with Crippen LogP contribution in [-0.4, -0.2) is 9.13 Å². The van der Waals surface area contributed by atoms with Gasteiger partial charge in [-0.15, -0.1) is 0 Å². The number of benzene rings is 2. The van der Waals surface area contributed by atoms with Crippen molar-refractivity contribution in [1.29, 1.82) is 0 Å². The number of rotatable bonds is 5. The molecule has 6 nitrogen and oxygen atoms in total. The molecule has 0 spiro atoms. The van der Waals surface area contributed by atoms with Gasteiger partial charge in [-0.25, -0.2) is 0 Å². The summed E-state index contributed by atoms with van der Waals surface area (Å²) in [5, 5.41) is 3.56. The Morgan fingerprint density at radius 1 is 0.865 bits per heavy atom. The number of hydrogen-bond donors (Lipinski definition) is 1. The molecule has 0 amide bonds. The SMILES string of the molecule is CC(C)CCn1c(=O)c(=NN)c(=O)n(CC23CC4CC(CC(C4)C2)C3)c2ccccc21.c1cc2cc-2c1. The Balaban J connectivity index is 0.000000364. The van der Waals surface area contributed by atoms with Crippen molar-refractivity contribution in [3.8, 4) is 11.1 Å². The van der Waals surface area contributed by atoms with E-state index < -0.39 is 0 Å². The number of aryl methyl sites for hydroxylation is 1. The van der Waals surface area contributed by atoms with Gasteiger partial charge in [-0.1, -0.05) is 44.2 Å². The normalized spacial score (nSPS) is 26.9. The molecule has 6 heteroatoms. The Morgan fingerprint density at radius 3 is 1.86 bits per heavy atom. The van der Waals surface area contributed by atoms with Crippen LogP contribution in [0.1, 0.15) is 58.8 Å². The number of nitrogens with two attached hydrogens (primary N) is 1. The topological polar surface area (TPSA) is 82.4 Å². The quantitative estimate of drug-likeness (QED) is 0.315. The maximum atomic E-state index is 13.6. The van der Waals surface area contributed by atoms with Gasteiger partial charge in [-0.05, 0) is 103 Å². The molecule has 2 aromatic rings. The summed E-state index contributed by atoms with van der Waals surface area (Å²) in [6.45, 7) is 5.48. The van der Waals surface area contributed by atoms with E-state index in [9.17, 15) is 9.59 Å². The molecule has 6 aliphatic carbocycles. The van der Waals surface area contributed by atoms with Crippen molar-refractivity contribution < 1.29 is 0 Å². The highest BCUT2D eigenvalue weighted by Crippen LogP contribution is 2.60. The first-order chi connectivity index (χ1) is 17.9. The van der Waals surface area contributed by atoms with E-state index in [1.165, 1.54) is 49.7 Å². The highest BCUT2D eigenvalue weighted by molar-refractivity contribution is 5.80. The molecule has 1 heterocycles. The van der Waals surface area contributed by atoms with E-state index >= 15 is 0 Å². The van der Waals surface area contributed by atoms with Crippen molar-refractivity contribution in [2.24, 2.45) is 40.0 Å². The number of hydrogen-bond acceptors (Lipinski definition) is 4. The van der Waals surface area contributed by atoms with Crippen molar-refractivity contribution in [2.75, 3.05) is 0 Å². The third kappa shape index (κ3) is 4.55. The molecule has 6 aliphatic rings. The van der Waals surface area contributed by atoms with Crippen LogP contribution in [0.3, 0.4) is 0 Å². The van der Waals surface area contributed by atoms with E-state index in [0.29, 0.717) is 19.0 Å². The summed E-state index contributed by atoms with van der Waals surface area (Å²) in [6, 6.07) is 16.3. The lowest BCUT2D eigenvalue weighted by Crippen LogP contribution is -2.51. The molecule has 1 aromatic heterocycles.